The number of likely N-dealkylation sites (tertiary alicyclic amines) is 1. The molecule has 0 saturated carbocycles. The summed E-state index contributed by atoms with van der Waals surface area (Å²) in [4.78, 5) is 24.2. The lowest BCUT2D eigenvalue weighted by Gasteiger charge is -2.12. The van der Waals surface area contributed by atoms with Crippen LogP contribution < -0.4 is 0 Å². The van der Waals surface area contributed by atoms with Gasteiger partial charge >= 0.3 is 5.97 Å². The van der Waals surface area contributed by atoms with Crippen molar-refractivity contribution in [3.05, 3.63) is 40.1 Å². The number of rotatable bonds is 3. The van der Waals surface area contributed by atoms with E-state index in [9.17, 15) is 14.0 Å². The van der Waals surface area contributed by atoms with Crippen LogP contribution in [-0.4, -0.2) is 35.0 Å². The molecule has 0 radical (unpaired) electrons. The second-order valence-corrected chi connectivity index (χ2v) is 5.52. The van der Waals surface area contributed by atoms with E-state index < -0.39 is 17.7 Å². The van der Waals surface area contributed by atoms with Crippen molar-refractivity contribution in [2.45, 2.75) is 6.42 Å². The van der Waals surface area contributed by atoms with Crippen molar-refractivity contribution in [2.24, 2.45) is 5.92 Å². The van der Waals surface area contributed by atoms with Crippen LogP contribution in [0.3, 0.4) is 0 Å². The number of amides is 1. The molecule has 114 valence electrons. The first kappa shape index (κ1) is 17.7. The van der Waals surface area contributed by atoms with Gasteiger partial charge in [0.2, 0.25) is 5.91 Å². The minimum absolute atomic E-state index is 0. The lowest BCUT2D eigenvalue weighted by Crippen LogP contribution is -2.28. The minimum Gasteiger partial charge on any atom is -0.481 e. The first-order valence-corrected chi connectivity index (χ1v) is 6.91. The quantitative estimate of drug-likeness (QED) is 0.823. The van der Waals surface area contributed by atoms with E-state index in [1.54, 1.807) is 12.1 Å². The summed E-state index contributed by atoms with van der Waals surface area (Å²) < 4.78 is 14.2. The molecule has 1 unspecified atom stereocenters. The van der Waals surface area contributed by atoms with E-state index in [2.05, 4.69) is 15.9 Å². The number of halogens is 3. The van der Waals surface area contributed by atoms with E-state index in [0.29, 0.717) is 18.5 Å². The molecule has 1 heterocycles. The molecular formula is C14H14BrClFNO3. The number of hydrogen-bond acceptors (Lipinski definition) is 2. The van der Waals surface area contributed by atoms with Gasteiger partial charge in [-0.15, -0.1) is 12.4 Å². The molecule has 0 aliphatic carbocycles. The predicted octanol–water partition coefficient (Wildman–Crippen LogP) is 2.96. The fourth-order valence-electron chi connectivity index (χ4n) is 2.07. The summed E-state index contributed by atoms with van der Waals surface area (Å²) in [5.41, 5.74) is 0.307. The van der Waals surface area contributed by atoms with Gasteiger partial charge in [-0.3, -0.25) is 9.59 Å². The number of aliphatic carboxylic acids is 1. The van der Waals surface area contributed by atoms with Crippen molar-refractivity contribution in [3.8, 4) is 0 Å². The predicted molar refractivity (Wildman–Crippen MR) is 82.7 cm³/mol. The molecule has 21 heavy (non-hydrogen) atoms. The number of carboxylic acids is 1. The maximum atomic E-state index is 13.5. The van der Waals surface area contributed by atoms with E-state index in [1.165, 1.54) is 23.1 Å². The van der Waals surface area contributed by atoms with Crippen LogP contribution in [0.25, 0.3) is 6.08 Å². The monoisotopic (exact) mass is 377 g/mol. The van der Waals surface area contributed by atoms with Gasteiger partial charge in [-0.25, -0.2) is 4.39 Å². The number of carbonyl (C=O) groups is 2. The Balaban J connectivity index is 0.00000220. The highest BCUT2D eigenvalue weighted by molar-refractivity contribution is 9.10. The fourth-order valence-corrected chi connectivity index (χ4v) is 2.45. The van der Waals surface area contributed by atoms with Gasteiger partial charge in [-0.2, -0.15) is 0 Å². The average molecular weight is 379 g/mol. The number of benzene rings is 1. The van der Waals surface area contributed by atoms with Crippen molar-refractivity contribution in [1.82, 2.24) is 4.90 Å². The highest BCUT2D eigenvalue weighted by Crippen LogP contribution is 2.19. The van der Waals surface area contributed by atoms with Gasteiger partial charge in [-0.1, -0.05) is 15.9 Å². The van der Waals surface area contributed by atoms with Crippen molar-refractivity contribution >= 4 is 46.3 Å². The third-order valence-electron chi connectivity index (χ3n) is 3.21. The summed E-state index contributed by atoms with van der Waals surface area (Å²) in [6, 6.07) is 4.46. The van der Waals surface area contributed by atoms with Crippen LogP contribution in [0.1, 0.15) is 12.0 Å². The van der Waals surface area contributed by atoms with E-state index in [1.807, 2.05) is 0 Å². The van der Waals surface area contributed by atoms with Gasteiger partial charge in [0.05, 0.1) is 5.92 Å². The zero-order valence-corrected chi connectivity index (χ0v) is 13.4. The molecule has 4 nitrogen and oxygen atoms in total. The maximum absolute atomic E-state index is 13.5. The van der Waals surface area contributed by atoms with Crippen LogP contribution in [0.4, 0.5) is 4.39 Å². The van der Waals surface area contributed by atoms with Crippen LogP contribution >= 0.6 is 28.3 Å². The van der Waals surface area contributed by atoms with E-state index >= 15 is 0 Å². The Morgan fingerprint density at radius 2 is 2.14 bits per heavy atom. The van der Waals surface area contributed by atoms with Crippen LogP contribution in [0.15, 0.2) is 28.7 Å². The van der Waals surface area contributed by atoms with Crippen molar-refractivity contribution in [1.29, 1.82) is 0 Å². The standard InChI is InChI=1S/C14H13BrFNO3.ClH/c15-11-2-3-12(16)9(7-11)1-4-13(18)17-6-5-10(8-17)14(19)20;/h1-4,7,10H,5-6,8H2,(H,19,20);1H. The summed E-state index contributed by atoms with van der Waals surface area (Å²) in [6.45, 7) is 0.626. The Kier molecular flexibility index (Phi) is 6.36. The van der Waals surface area contributed by atoms with Gasteiger partial charge in [-0.05, 0) is 30.7 Å². The van der Waals surface area contributed by atoms with Gasteiger partial charge < -0.3 is 10.0 Å². The lowest BCUT2D eigenvalue weighted by molar-refractivity contribution is -0.141. The third kappa shape index (κ3) is 4.54. The molecule has 0 aromatic heterocycles. The molecule has 1 amide bonds. The molecule has 1 atom stereocenters. The second kappa shape index (κ2) is 7.56. The zero-order chi connectivity index (χ0) is 14.7. The largest absolute Gasteiger partial charge is 0.481 e. The minimum atomic E-state index is -0.887. The molecule has 1 aromatic carbocycles. The fraction of sp³-hybridized carbons (Fsp3) is 0.286. The van der Waals surface area contributed by atoms with Crippen molar-refractivity contribution in [3.63, 3.8) is 0 Å². The van der Waals surface area contributed by atoms with E-state index in [4.69, 9.17) is 5.11 Å². The summed E-state index contributed by atoms with van der Waals surface area (Å²) in [7, 11) is 0. The number of carboxylic acid groups (broad SMARTS) is 1. The SMILES string of the molecule is Cl.O=C(O)C1CCN(C(=O)C=Cc2cc(Br)ccc2F)C1. The summed E-state index contributed by atoms with van der Waals surface area (Å²) in [5, 5.41) is 8.88. The molecule has 1 aliphatic heterocycles. The van der Waals surface area contributed by atoms with Crippen LogP contribution in [0.5, 0.6) is 0 Å². The first-order chi connectivity index (χ1) is 9.47. The topological polar surface area (TPSA) is 57.6 Å². The molecule has 0 spiro atoms. The van der Waals surface area contributed by atoms with Crippen LogP contribution in [0, 0.1) is 11.7 Å². The molecule has 1 fully saturated rings. The number of carbonyl (C=O) groups excluding carboxylic acids is 1. The first-order valence-electron chi connectivity index (χ1n) is 6.12. The van der Waals surface area contributed by atoms with E-state index in [-0.39, 0.29) is 24.9 Å². The Hall–Kier alpha value is -1.40. The lowest BCUT2D eigenvalue weighted by atomic mass is 10.1. The normalized spacial score (nSPS) is 17.8. The van der Waals surface area contributed by atoms with Crippen LogP contribution in [-0.2, 0) is 9.59 Å². The zero-order valence-electron chi connectivity index (χ0n) is 11.0. The van der Waals surface area contributed by atoms with Crippen molar-refractivity contribution < 1.29 is 19.1 Å². The molecule has 1 aromatic rings. The van der Waals surface area contributed by atoms with Crippen LogP contribution in [0.2, 0.25) is 0 Å². The summed E-state index contributed by atoms with van der Waals surface area (Å²) in [5.74, 6) is -2.10. The second-order valence-electron chi connectivity index (χ2n) is 4.61. The third-order valence-corrected chi connectivity index (χ3v) is 3.71. The Morgan fingerprint density at radius 1 is 1.43 bits per heavy atom. The summed E-state index contributed by atoms with van der Waals surface area (Å²) >= 11 is 3.23. The Bertz CT molecular complexity index is 579. The molecule has 0 bridgehead atoms. The average Bonchev–Trinajstić information content (AvgIpc) is 2.89. The molecule has 7 heteroatoms. The van der Waals surface area contributed by atoms with E-state index in [0.717, 1.165) is 4.47 Å². The van der Waals surface area contributed by atoms with Gasteiger partial charge in [0.1, 0.15) is 5.82 Å². The molecular weight excluding hydrogens is 365 g/mol. The highest BCUT2D eigenvalue weighted by Gasteiger charge is 2.29. The molecule has 1 saturated heterocycles. The molecule has 1 aliphatic rings. The molecule has 2 rings (SSSR count). The highest BCUT2D eigenvalue weighted by atomic mass is 79.9. The van der Waals surface area contributed by atoms with Crippen molar-refractivity contribution in [2.75, 3.05) is 13.1 Å². The van der Waals surface area contributed by atoms with Gasteiger partial charge in [0, 0.05) is 29.2 Å². The Morgan fingerprint density at radius 3 is 2.76 bits per heavy atom. The number of nitrogens with zero attached hydrogens (tertiary/aromatic N) is 1. The maximum Gasteiger partial charge on any atom is 0.308 e. The van der Waals surface area contributed by atoms with Gasteiger partial charge in [0.15, 0.2) is 0 Å². The molecule has 1 N–H and O–H groups in total. The summed E-state index contributed by atoms with van der Waals surface area (Å²) in [6.07, 6.45) is 3.13. The van der Waals surface area contributed by atoms with Gasteiger partial charge in [0.25, 0.3) is 0 Å². The smallest absolute Gasteiger partial charge is 0.308 e. The Labute approximate surface area is 136 Å². The number of hydrogen-bond donors (Lipinski definition) is 1.